The molecular weight excluding hydrogens is 590 g/mol. The van der Waals surface area contributed by atoms with E-state index in [0.717, 1.165) is 89.2 Å². The number of sulfonamides is 1. The van der Waals surface area contributed by atoms with E-state index >= 15 is 0 Å². The Morgan fingerprint density at radius 1 is 1.00 bits per heavy atom. The Balaban J connectivity index is 1.11. The zero-order valence-electron chi connectivity index (χ0n) is 25.7. The number of hydrogen-bond donors (Lipinski definition) is 2. The number of H-pyrrole nitrogens is 1. The summed E-state index contributed by atoms with van der Waals surface area (Å²) >= 11 is 0. The molecule has 2 aromatic carbocycles. The lowest BCUT2D eigenvalue weighted by molar-refractivity contribution is 0.0986. The number of imidazole rings is 1. The fourth-order valence-electron chi connectivity index (χ4n) is 6.97. The largest absolute Gasteiger partial charge is 0.496 e. The van der Waals surface area contributed by atoms with E-state index in [0.29, 0.717) is 31.4 Å². The van der Waals surface area contributed by atoms with Gasteiger partial charge >= 0.3 is 0 Å². The Kier molecular flexibility index (Phi) is 7.92. The highest BCUT2D eigenvalue weighted by Gasteiger charge is 2.33. The molecule has 2 aliphatic rings. The maximum Gasteiger partial charge on any atom is 0.213 e. The second-order valence-electron chi connectivity index (χ2n) is 12.0. The van der Waals surface area contributed by atoms with E-state index in [2.05, 4.69) is 30.6 Å². The minimum absolute atomic E-state index is 0.159. The van der Waals surface area contributed by atoms with Crippen LogP contribution in [0.2, 0.25) is 0 Å². The first-order valence-electron chi connectivity index (χ1n) is 15.7. The third kappa shape index (κ3) is 5.64. The van der Waals surface area contributed by atoms with Crippen LogP contribution < -0.4 is 10.5 Å². The molecule has 0 amide bonds. The van der Waals surface area contributed by atoms with E-state index in [-0.39, 0.29) is 11.8 Å². The van der Waals surface area contributed by atoms with Crippen LogP contribution in [0.3, 0.4) is 0 Å². The van der Waals surface area contributed by atoms with E-state index in [1.807, 2.05) is 36.4 Å². The number of nitrogens with two attached hydrogens (primary N) is 1. The molecule has 1 saturated carbocycles. The average Bonchev–Trinajstić information content (AvgIpc) is 3.67. The molecule has 2 fully saturated rings. The summed E-state index contributed by atoms with van der Waals surface area (Å²) in [4.78, 5) is 19.7. The molecule has 0 radical (unpaired) electrons. The number of hydrogen-bond acceptors (Lipinski definition) is 9. The van der Waals surface area contributed by atoms with Gasteiger partial charge in [-0.25, -0.2) is 28.1 Å². The molecule has 0 bridgehead atoms. The van der Waals surface area contributed by atoms with E-state index in [1.54, 1.807) is 18.3 Å². The highest BCUT2D eigenvalue weighted by molar-refractivity contribution is 7.89. The smallest absolute Gasteiger partial charge is 0.213 e. The van der Waals surface area contributed by atoms with Gasteiger partial charge in [0.2, 0.25) is 10.0 Å². The van der Waals surface area contributed by atoms with Crippen molar-refractivity contribution in [3.05, 3.63) is 60.2 Å². The maximum absolute atomic E-state index is 12.3. The van der Waals surface area contributed by atoms with E-state index in [9.17, 15) is 8.42 Å². The molecule has 0 atom stereocenters. The maximum atomic E-state index is 12.3. The fraction of sp³-hybridized carbons (Fsp3) is 0.438. The van der Waals surface area contributed by atoms with Crippen LogP contribution in [0.4, 0.5) is 5.82 Å². The molecule has 3 aromatic heterocycles. The number of benzene rings is 2. The van der Waals surface area contributed by atoms with E-state index in [4.69, 9.17) is 20.6 Å². The minimum Gasteiger partial charge on any atom is -0.496 e. The van der Waals surface area contributed by atoms with Crippen molar-refractivity contribution in [1.29, 1.82) is 0 Å². The number of piperazine rings is 1. The molecule has 1 saturated heterocycles. The Hall–Kier alpha value is -4.07. The van der Waals surface area contributed by atoms with Crippen LogP contribution in [0.1, 0.15) is 50.0 Å². The zero-order chi connectivity index (χ0) is 31.1. The number of anilines is 1. The van der Waals surface area contributed by atoms with Gasteiger partial charge in [0.05, 0.1) is 35.3 Å². The molecular formula is C32H39N9O3S. The van der Waals surface area contributed by atoms with Gasteiger partial charge in [0.1, 0.15) is 29.4 Å². The second-order valence-corrected chi connectivity index (χ2v) is 14.2. The van der Waals surface area contributed by atoms with Gasteiger partial charge < -0.3 is 15.5 Å². The number of ether oxygens (including phenoxy) is 1. The topological polar surface area (TPSA) is 148 Å². The SMILES string of the molecule is CCS(=O)(=O)N1CCN([C@H]2CC[C@@H](n3nc(-c4ccc5nc(Cc6ccccc6OC)[nH]c5c4)c4c(N)ncnc43)CC2)CC1. The number of rotatable bonds is 8. The van der Waals surface area contributed by atoms with E-state index < -0.39 is 10.0 Å². The molecule has 0 spiro atoms. The van der Waals surface area contributed by atoms with Crippen LogP contribution in [0, 0.1) is 0 Å². The molecule has 45 heavy (non-hydrogen) atoms. The van der Waals surface area contributed by atoms with Gasteiger partial charge in [0, 0.05) is 49.8 Å². The number of aromatic amines is 1. The Bertz CT molecular complexity index is 1940. The van der Waals surface area contributed by atoms with Crippen LogP contribution in [0.15, 0.2) is 48.8 Å². The van der Waals surface area contributed by atoms with Crippen molar-refractivity contribution in [1.82, 2.24) is 38.9 Å². The predicted octanol–water partition coefficient (Wildman–Crippen LogP) is 4.00. The van der Waals surface area contributed by atoms with Crippen molar-refractivity contribution in [3.8, 4) is 17.0 Å². The fourth-order valence-corrected chi connectivity index (χ4v) is 8.06. The number of para-hydroxylation sites is 1. The molecule has 12 nitrogen and oxygen atoms in total. The summed E-state index contributed by atoms with van der Waals surface area (Å²) in [6.07, 6.45) is 6.11. The molecule has 236 valence electrons. The molecule has 1 aliphatic carbocycles. The van der Waals surface area contributed by atoms with Crippen LogP contribution in [-0.2, 0) is 16.4 Å². The molecule has 13 heteroatoms. The van der Waals surface area contributed by atoms with Crippen molar-refractivity contribution >= 4 is 37.9 Å². The number of nitrogen functional groups attached to an aromatic ring is 1. The molecule has 3 N–H and O–H groups in total. The first-order chi connectivity index (χ1) is 21.8. The van der Waals surface area contributed by atoms with Crippen molar-refractivity contribution in [2.45, 2.75) is 51.1 Å². The lowest BCUT2D eigenvalue weighted by atomic mass is 9.90. The van der Waals surface area contributed by atoms with Crippen LogP contribution >= 0.6 is 0 Å². The van der Waals surface area contributed by atoms with E-state index in [1.165, 1.54) is 6.33 Å². The van der Waals surface area contributed by atoms with Crippen molar-refractivity contribution < 1.29 is 13.2 Å². The summed E-state index contributed by atoms with van der Waals surface area (Å²) in [5.41, 5.74) is 11.8. The Morgan fingerprint density at radius 3 is 2.51 bits per heavy atom. The number of nitrogens with one attached hydrogen (secondary N) is 1. The highest BCUT2D eigenvalue weighted by Crippen LogP contribution is 2.37. The third-order valence-corrected chi connectivity index (χ3v) is 11.3. The lowest BCUT2D eigenvalue weighted by Crippen LogP contribution is -2.52. The monoisotopic (exact) mass is 629 g/mol. The van der Waals surface area contributed by atoms with Gasteiger partial charge in [0.25, 0.3) is 0 Å². The summed E-state index contributed by atoms with van der Waals surface area (Å²) < 4.78 is 33.8. The zero-order valence-corrected chi connectivity index (χ0v) is 26.5. The quantitative estimate of drug-likeness (QED) is 0.260. The van der Waals surface area contributed by atoms with Crippen molar-refractivity contribution in [3.63, 3.8) is 0 Å². The summed E-state index contributed by atoms with van der Waals surface area (Å²) in [5.74, 6) is 2.27. The normalized spacial score (nSPS) is 20.2. The summed E-state index contributed by atoms with van der Waals surface area (Å²) in [5, 5.41) is 5.89. The van der Waals surface area contributed by atoms with Crippen molar-refractivity contribution in [2.24, 2.45) is 0 Å². The predicted molar refractivity (Wildman–Crippen MR) is 175 cm³/mol. The minimum atomic E-state index is -3.13. The number of nitrogens with zero attached hydrogens (tertiary/aromatic N) is 7. The lowest BCUT2D eigenvalue weighted by Gasteiger charge is -2.41. The number of aromatic nitrogens is 6. The summed E-state index contributed by atoms with van der Waals surface area (Å²) in [7, 11) is -1.45. The molecule has 0 unspecified atom stereocenters. The van der Waals surface area contributed by atoms with Gasteiger partial charge in [-0.1, -0.05) is 24.3 Å². The number of fused-ring (bicyclic) bond motifs is 2. The van der Waals surface area contributed by atoms with Crippen molar-refractivity contribution in [2.75, 3.05) is 44.8 Å². The standard InChI is InChI=1S/C32H39N9O3S/c1-3-45(42,43)40-16-14-39(15-17-40)23-9-11-24(12-10-23)41-32-29(31(33)34-20-35-32)30(38-41)22-8-13-25-26(18-22)37-28(36-25)19-21-6-4-5-7-27(21)44-2/h4-8,13,18,20,23-24H,3,9-12,14-17,19H2,1-2H3,(H,36,37)(H2,33,34,35)/t23-,24+. The first-order valence-corrected chi connectivity index (χ1v) is 17.3. The van der Waals surface area contributed by atoms with Gasteiger partial charge in [-0.15, -0.1) is 0 Å². The highest BCUT2D eigenvalue weighted by atomic mass is 32.2. The molecule has 1 aliphatic heterocycles. The Morgan fingerprint density at radius 2 is 1.76 bits per heavy atom. The second kappa shape index (κ2) is 12.0. The summed E-state index contributed by atoms with van der Waals surface area (Å²) in [6, 6.07) is 14.7. The van der Waals surface area contributed by atoms with Gasteiger partial charge in [-0.2, -0.15) is 9.40 Å². The molecule has 4 heterocycles. The van der Waals surface area contributed by atoms with Crippen LogP contribution in [-0.4, -0.2) is 92.4 Å². The van der Waals surface area contributed by atoms with Gasteiger partial charge in [-0.05, 0) is 50.8 Å². The molecule has 5 aromatic rings. The number of methoxy groups -OCH3 is 1. The van der Waals surface area contributed by atoms with Gasteiger partial charge in [-0.3, -0.25) is 4.90 Å². The summed E-state index contributed by atoms with van der Waals surface area (Å²) in [6.45, 7) is 4.42. The average molecular weight is 630 g/mol. The van der Waals surface area contributed by atoms with Crippen LogP contribution in [0.5, 0.6) is 5.75 Å². The first kappa shape index (κ1) is 29.6. The Labute approximate surface area is 262 Å². The third-order valence-electron chi connectivity index (χ3n) is 9.43. The van der Waals surface area contributed by atoms with Crippen LogP contribution in [0.25, 0.3) is 33.3 Å². The molecule has 7 rings (SSSR count). The van der Waals surface area contributed by atoms with Gasteiger partial charge in [0.15, 0.2) is 5.65 Å².